The summed E-state index contributed by atoms with van der Waals surface area (Å²) in [5, 5.41) is 0. The molecule has 0 saturated heterocycles. The molecule has 0 spiro atoms. The van der Waals surface area contributed by atoms with E-state index in [1.165, 1.54) is 0 Å². The molecule has 2 aliphatic rings. The normalized spacial score (nSPS) is 22.1. The van der Waals surface area contributed by atoms with Crippen molar-refractivity contribution in [1.29, 1.82) is 0 Å². The molecule has 2 unspecified atom stereocenters. The lowest BCUT2D eigenvalue weighted by atomic mass is 9.94. The molecule has 5 heteroatoms. The quantitative estimate of drug-likeness (QED) is 0.459. The van der Waals surface area contributed by atoms with Crippen LogP contribution in [0.25, 0.3) is 0 Å². The van der Waals surface area contributed by atoms with Gasteiger partial charge in [-0.05, 0) is 51.7 Å². The minimum atomic E-state index is -0.349. The van der Waals surface area contributed by atoms with Gasteiger partial charge in [0.1, 0.15) is 0 Å². The van der Waals surface area contributed by atoms with E-state index in [9.17, 15) is 9.59 Å². The minimum absolute atomic E-state index is 0.175. The minimum Gasteiger partial charge on any atom is -0.467 e. The highest BCUT2D eigenvalue weighted by atomic mass is 16.5. The van der Waals surface area contributed by atoms with Gasteiger partial charge in [0.25, 0.3) is 0 Å². The first-order valence-electron chi connectivity index (χ1n) is 9.59. The predicted molar refractivity (Wildman–Crippen MR) is 103 cm³/mol. The number of allylic oxidation sites excluding steroid dienone is 2. The van der Waals surface area contributed by atoms with E-state index in [0.717, 1.165) is 50.0 Å². The van der Waals surface area contributed by atoms with Gasteiger partial charge in [-0.2, -0.15) is 0 Å². The van der Waals surface area contributed by atoms with Crippen LogP contribution in [0, 0.1) is 11.8 Å². The van der Waals surface area contributed by atoms with Crippen LogP contribution in [0.15, 0.2) is 48.0 Å². The van der Waals surface area contributed by atoms with Crippen LogP contribution >= 0.6 is 0 Å². The molecule has 27 heavy (non-hydrogen) atoms. The van der Waals surface area contributed by atoms with Crippen molar-refractivity contribution >= 4 is 11.9 Å². The maximum Gasteiger partial charge on any atom is 0.333 e. The second-order valence-corrected chi connectivity index (χ2v) is 7.43. The Bertz CT molecular complexity index is 600. The van der Waals surface area contributed by atoms with Crippen molar-refractivity contribution in [3.05, 3.63) is 48.0 Å². The highest BCUT2D eigenvalue weighted by Crippen LogP contribution is 2.30. The van der Waals surface area contributed by atoms with Crippen LogP contribution in [-0.2, 0) is 23.8 Å². The van der Waals surface area contributed by atoms with Crippen molar-refractivity contribution in [2.24, 2.45) is 11.8 Å². The van der Waals surface area contributed by atoms with Crippen LogP contribution < -0.4 is 0 Å². The Labute approximate surface area is 161 Å². The lowest BCUT2D eigenvalue weighted by Gasteiger charge is -2.25. The molecule has 5 nitrogen and oxygen atoms in total. The van der Waals surface area contributed by atoms with Crippen molar-refractivity contribution in [2.45, 2.75) is 52.4 Å². The molecule has 0 aromatic rings. The average molecular weight is 374 g/mol. The fourth-order valence-corrected chi connectivity index (χ4v) is 3.15. The van der Waals surface area contributed by atoms with Crippen molar-refractivity contribution in [2.75, 3.05) is 13.2 Å². The fourth-order valence-electron chi connectivity index (χ4n) is 3.15. The third kappa shape index (κ3) is 7.08. The SMILES string of the molecule is C=C(C)C(=O)OCC1C=C(OC2=CC(COC(=O)C(=C)C)CCC2)CCC1. The summed E-state index contributed by atoms with van der Waals surface area (Å²) in [7, 11) is 0. The van der Waals surface area contributed by atoms with Gasteiger partial charge in [-0.25, -0.2) is 9.59 Å². The average Bonchev–Trinajstić information content (AvgIpc) is 2.64. The van der Waals surface area contributed by atoms with E-state index in [1.54, 1.807) is 13.8 Å². The first-order valence-corrected chi connectivity index (χ1v) is 9.59. The van der Waals surface area contributed by atoms with Crippen molar-refractivity contribution in [3.8, 4) is 0 Å². The summed E-state index contributed by atoms with van der Waals surface area (Å²) in [6, 6.07) is 0. The summed E-state index contributed by atoms with van der Waals surface area (Å²) in [5.74, 6) is 1.52. The Morgan fingerprint density at radius 3 is 1.67 bits per heavy atom. The van der Waals surface area contributed by atoms with Gasteiger partial charge in [0.2, 0.25) is 0 Å². The van der Waals surface area contributed by atoms with Gasteiger partial charge in [0.15, 0.2) is 0 Å². The fraction of sp³-hybridized carbons (Fsp3) is 0.545. The van der Waals surface area contributed by atoms with E-state index < -0.39 is 0 Å². The van der Waals surface area contributed by atoms with Gasteiger partial charge < -0.3 is 14.2 Å². The number of carbonyl (C=O) groups excluding carboxylic acids is 2. The topological polar surface area (TPSA) is 61.8 Å². The first-order chi connectivity index (χ1) is 12.8. The van der Waals surface area contributed by atoms with Gasteiger partial charge in [-0.1, -0.05) is 13.2 Å². The third-order valence-electron chi connectivity index (χ3n) is 4.66. The van der Waals surface area contributed by atoms with E-state index in [0.29, 0.717) is 24.4 Å². The molecule has 0 aromatic heterocycles. The van der Waals surface area contributed by atoms with Gasteiger partial charge in [0.05, 0.1) is 24.7 Å². The zero-order valence-corrected chi connectivity index (χ0v) is 16.4. The van der Waals surface area contributed by atoms with Crippen molar-refractivity contribution in [1.82, 2.24) is 0 Å². The molecule has 0 aliphatic heterocycles. The molecule has 0 N–H and O–H groups in total. The predicted octanol–water partition coefficient (Wildman–Crippen LogP) is 4.61. The molecular formula is C22H30O5. The molecule has 2 rings (SSSR count). The van der Waals surface area contributed by atoms with Gasteiger partial charge >= 0.3 is 11.9 Å². The molecule has 148 valence electrons. The smallest absolute Gasteiger partial charge is 0.333 e. The number of ether oxygens (including phenoxy) is 3. The second kappa shape index (κ2) is 10.1. The summed E-state index contributed by atoms with van der Waals surface area (Å²) in [6.45, 7) is 11.2. The maximum atomic E-state index is 11.5. The van der Waals surface area contributed by atoms with Crippen molar-refractivity contribution in [3.63, 3.8) is 0 Å². The number of hydrogen-bond acceptors (Lipinski definition) is 5. The first kappa shape index (κ1) is 21.0. The molecule has 0 heterocycles. The van der Waals surface area contributed by atoms with E-state index in [2.05, 4.69) is 25.3 Å². The number of rotatable bonds is 8. The number of esters is 2. The molecule has 2 aliphatic carbocycles. The Hall–Kier alpha value is -2.30. The summed E-state index contributed by atoms with van der Waals surface area (Å²) in [5.41, 5.74) is 0.828. The van der Waals surface area contributed by atoms with E-state index in [-0.39, 0.29) is 23.8 Å². The zero-order valence-electron chi connectivity index (χ0n) is 16.4. The van der Waals surface area contributed by atoms with Crippen LogP contribution in [0.1, 0.15) is 52.4 Å². The number of hydrogen-bond donors (Lipinski definition) is 0. The van der Waals surface area contributed by atoms with E-state index in [1.807, 2.05) is 0 Å². The molecule has 0 saturated carbocycles. The van der Waals surface area contributed by atoms with Crippen LogP contribution in [0.3, 0.4) is 0 Å². The molecule has 0 aromatic carbocycles. The van der Waals surface area contributed by atoms with E-state index in [4.69, 9.17) is 14.2 Å². The Kier molecular flexibility index (Phi) is 7.89. The molecule has 0 radical (unpaired) electrons. The van der Waals surface area contributed by atoms with Gasteiger partial charge in [-0.15, -0.1) is 0 Å². The van der Waals surface area contributed by atoms with Crippen molar-refractivity contribution < 1.29 is 23.8 Å². The summed E-state index contributed by atoms with van der Waals surface area (Å²) in [4.78, 5) is 23.1. The summed E-state index contributed by atoms with van der Waals surface area (Å²) >= 11 is 0. The van der Waals surface area contributed by atoms with Crippen LogP contribution in [0.5, 0.6) is 0 Å². The molecule has 0 amide bonds. The molecule has 0 fully saturated rings. The molecular weight excluding hydrogens is 344 g/mol. The monoisotopic (exact) mass is 374 g/mol. The highest BCUT2D eigenvalue weighted by molar-refractivity contribution is 5.87. The second-order valence-electron chi connectivity index (χ2n) is 7.43. The van der Waals surface area contributed by atoms with Crippen LogP contribution in [-0.4, -0.2) is 25.2 Å². The summed E-state index contributed by atoms with van der Waals surface area (Å²) < 4.78 is 16.6. The Morgan fingerprint density at radius 1 is 0.889 bits per heavy atom. The lowest BCUT2D eigenvalue weighted by molar-refractivity contribution is -0.140. The summed E-state index contributed by atoms with van der Waals surface area (Å²) in [6.07, 6.45) is 9.89. The molecule has 0 bridgehead atoms. The number of carbonyl (C=O) groups is 2. The van der Waals surface area contributed by atoms with Gasteiger partial charge in [-0.3, -0.25) is 0 Å². The Morgan fingerprint density at radius 2 is 1.30 bits per heavy atom. The standard InChI is InChI=1S/C22H30O5/c1-15(2)21(23)25-13-17-7-5-9-19(11-17)27-20-10-6-8-18(12-20)14-26-22(24)16(3)4/h11-12,17-18H,1,3,5-10,13-14H2,2,4H3. The third-order valence-corrected chi connectivity index (χ3v) is 4.66. The van der Waals surface area contributed by atoms with E-state index >= 15 is 0 Å². The molecule has 2 atom stereocenters. The highest BCUT2D eigenvalue weighted by Gasteiger charge is 2.21. The Balaban J connectivity index is 1.88. The zero-order chi connectivity index (χ0) is 19.8. The van der Waals surface area contributed by atoms with Crippen LogP contribution in [0.2, 0.25) is 0 Å². The largest absolute Gasteiger partial charge is 0.467 e. The van der Waals surface area contributed by atoms with Gasteiger partial charge in [0, 0.05) is 35.8 Å². The van der Waals surface area contributed by atoms with Crippen LogP contribution in [0.4, 0.5) is 0 Å². The maximum absolute atomic E-state index is 11.5. The lowest BCUT2D eigenvalue weighted by Crippen LogP contribution is -2.18.